The quantitative estimate of drug-likeness (QED) is 0.757. The molecule has 144 valence electrons. The van der Waals surface area contributed by atoms with Crippen LogP contribution in [0, 0.1) is 34.0 Å². The summed E-state index contributed by atoms with van der Waals surface area (Å²) in [5.41, 5.74) is -2.35. The number of anilines is 1. The Labute approximate surface area is 162 Å². The lowest BCUT2D eigenvalue weighted by molar-refractivity contribution is -0.137. The van der Waals surface area contributed by atoms with Crippen molar-refractivity contribution in [3.63, 3.8) is 0 Å². The monoisotopic (exact) mass is 398 g/mol. The first-order chi connectivity index (χ1) is 13.9. The molecule has 0 radical (unpaired) electrons. The fourth-order valence-corrected chi connectivity index (χ4v) is 2.38. The van der Waals surface area contributed by atoms with Gasteiger partial charge < -0.3 is 19.5 Å². The average molecular weight is 398 g/mol. The molecule has 0 spiro atoms. The van der Waals surface area contributed by atoms with E-state index in [1.54, 1.807) is 12.1 Å². The maximum Gasteiger partial charge on any atom is 0.416 e. The third-order valence-corrected chi connectivity index (χ3v) is 3.72. The van der Waals surface area contributed by atoms with Gasteiger partial charge in [-0.2, -0.15) is 29.0 Å². The maximum absolute atomic E-state index is 13.1. The highest BCUT2D eigenvalue weighted by Crippen LogP contribution is 2.40. The van der Waals surface area contributed by atoms with Crippen LogP contribution < -0.4 is 19.5 Å². The summed E-state index contributed by atoms with van der Waals surface area (Å²) in [6.07, 6.45) is -4.66. The van der Waals surface area contributed by atoms with Crippen molar-refractivity contribution in [2.45, 2.75) is 6.18 Å². The number of nitriles is 3. The highest BCUT2D eigenvalue weighted by Gasteiger charge is 2.31. The van der Waals surface area contributed by atoms with Crippen molar-refractivity contribution in [3.8, 4) is 41.2 Å². The summed E-state index contributed by atoms with van der Waals surface area (Å²) in [5.74, 6) is 1.06. The number of nitrogens with zero attached hydrogens (tertiary/aromatic N) is 3. The minimum absolute atomic E-state index is 0.0350. The summed E-state index contributed by atoms with van der Waals surface area (Å²) in [4.78, 5) is 0. The van der Waals surface area contributed by atoms with E-state index in [1.165, 1.54) is 24.3 Å². The normalized spacial score (nSPS) is 11.6. The molecule has 29 heavy (non-hydrogen) atoms. The van der Waals surface area contributed by atoms with Gasteiger partial charge in [-0.25, -0.2) is 0 Å². The van der Waals surface area contributed by atoms with Crippen molar-refractivity contribution < 1.29 is 27.4 Å². The summed E-state index contributed by atoms with van der Waals surface area (Å²) < 4.78 is 55.4. The second-order valence-electron chi connectivity index (χ2n) is 5.54. The van der Waals surface area contributed by atoms with Crippen LogP contribution >= 0.6 is 0 Å². The number of ether oxygens (including phenoxy) is 3. The maximum atomic E-state index is 13.1. The molecule has 0 bridgehead atoms. The van der Waals surface area contributed by atoms with E-state index < -0.39 is 23.0 Å². The smallest absolute Gasteiger partial charge is 0.416 e. The van der Waals surface area contributed by atoms with Crippen molar-refractivity contribution in [1.82, 2.24) is 0 Å². The number of alkyl halides is 3. The molecule has 2 aromatic rings. The predicted octanol–water partition coefficient (Wildman–Crippen LogP) is 4.46. The van der Waals surface area contributed by atoms with Gasteiger partial charge in [-0.1, -0.05) is 0 Å². The molecule has 1 heterocycles. The second-order valence-corrected chi connectivity index (χ2v) is 5.54. The van der Waals surface area contributed by atoms with Gasteiger partial charge in [0.1, 0.15) is 29.7 Å². The van der Waals surface area contributed by atoms with Gasteiger partial charge in [0.15, 0.2) is 22.8 Å². The van der Waals surface area contributed by atoms with Crippen LogP contribution in [0.3, 0.4) is 0 Å². The summed E-state index contributed by atoms with van der Waals surface area (Å²) >= 11 is 0. The molecule has 0 aliphatic carbocycles. The molecule has 10 heteroatoms. The van der Waals surface area contributed by atoms with Crippen LogP contribution in [0.2, 0.25) is 0 Å². The second kappa shape index (κ2) is 7.71. The number of rotatable bonds is 4. The Balaban J connectivity index is 2.03. The van der Waals surface area contributed by atoms with Crippen molar-refractivity contribution in [2.24, 2.45) is 0 Å². The zero-order valence-electron chi connectivity index (χ0n) is 14.4. The molecular weight excluding hydrogens is 389 g/mol. The lowest BCUT2D eigenvalue weighted by Crippen LogP contribution is -2.08. The number of halogens is 3. The molecule has 0 saturated heterocycles. The topological polar surface area (TPSA) is 111 Å². The Morgan fingerprint density at radius 2 is 1.69 bits per heavy atom. The molecule has 0 aromatic heterocycles. The lowest BCUT2D eigenvalue weighted by atomic mass is 10.1. The predicted molar refractivity (Wildman–Crippen MR) is 91.6 cm³/mol. The summed E-state index contributed by atoms with van der Waals surface area (Å²) in [7, 11) is 0. The van der Waals surface area contributed by atoms with Crippen molar-refractivity contribution >= 4 is 5.69 Å². The Kier molecular flexibility index (Phi) is 5.16. The molecule has 2 aromatic carbocycles. The highest BCUT2D eigenvalue weighted by atomic mass is 19.4. The van der Waals surface area contributed by atoms with Crippen molar-refractivity contribution in [1.29, 1.82) is 15.8 Å². The first kappa shape index (κ1) is 19.4. The molecule has 3 rings (SSSR count). The van der Waals surface area contributed by atoms with E-state index in [0.717, 1.165) is 12.1 Å². The molecule has 1 N–H and O–H groups in total. The summed E-state index contributed by atoms with van der Waals surface area (Å²) in [6, 6.07) is 11.7. The number of nitrogens with one attached hydrogen (secondary N) is 1. The van der Waals surface area contributed by atoms with Crippen LogP contribution in [0.25, 0.3) is 0 Å². The number of benzene rings is 2. The molecule has 1 aliphatic rings. The van der Waals surface area contributed by atoms with Crippen molar-refractivity contribution in [3.05, 3.63) is 53.2 Å². The van der Waals surface area contributed by atoms with Gasteiger partial charge in [0, 0.05) is 6.07 Å². The van der Waals surface area contributed by atoms with Crippen molar-refractivity contribution in [2.75, 3.05) is 12.1 Å². The van der Waals surface area contributed by atoms with Gasteiger partial charge in [0.2, 0.25) is 6.79 Å². The fraction of sp³-hybridized carbons (Fsp3) is 0.105. The van der Waals surface area contributed by atoms with Gasteiger partial charge in [0.25, 0.3) is 0 Å². The summed E-state index contributed by atoms with van der Waals surface area (Å²) in [5, 5.41) is 29.4. The minimum Gasteiger partial charge on any atom is -0.455 e. The van der Waals surface area contributed by atoms with Crippen LogP contribution in [0.15, 0.2) is 47.7 Å². The Morgan fingerprint density at radius 1 is 0.966 bits per heavy atom. The molecule has 0 unspecified atom stereocenters. The molecular formula is C19H9F3N4O3. The first-order valence-electron chi connectivity index (χ1n) is 7.86. The van der Waals surface area contributed by atoms with E-state index in [-0.39, 0.29) is 24.0 Å². The molecule has 1 aliphatic heterocycles. The fourth-order valence-electron chi connectivity index (χ4n) is 2.38. The van der Waals surface area contributed by atoms with Crippen LogP contribution in [0.4, 0.5) is 18.9 Å². The SMILES string of the molecule is N#CC(C#N)=C(C#N)Nc1cc(C(F)(F)F)ccc1Oc1ccc2c(c1)OCO2. The zero-order chi connectivity index (χ0) is 21.0. The lowest BCUT2D eigenvalue weighted by Gasteiger charge is -2.15. The first-order valence-corrected chi connectivity index (χ1v) is 7.86. The third kappa shape index (κ3) is 4.15. The number of fused-ring (bicyclic) bond motifs is 1. The van der Waals surface area contributed by atoms with Gasteiger partial charge in [-0.15, -0.1) is 0 Å². The molecule has 0 amide bonds. The van der Waals surface area contributed by atoms with Gasteiger partial charge >= 0.3 is 6.18 Å². The number of hydrogen-bond acceptors (Lipinski definition) is 7. The highest BCUT2D eigenvalue weighted by molar-refractivity contribution is 5.66. The van der Waals surface area contributed by atoms with E-state index in [4.69, 9.17) is 30.0 Å². The summed E-state index contributed by atoms with van der Waals surface area (Å²) in [6.45, 7) is 0.0350. The standard InChI is InChI=1S/C19H9F3N4O3/c20-19(21,22)12-1-3-16(14(5-12)26-15(9-25)11(7-23)8-24)29-13-2-4-17-18(6-13)28-10-27-17/h1-6,26H,10H2. The van der Waals surface area contributed by atoms with Gasteiger partial charge in [-0.05, 0) is 30.3 Å². The number of hydrogen-bond donors (Lipinski definition) is 1. The van der Waals surface area contributed by atoms with Crippen LogP contribution in [0.1, 0.15) is 5.56 Å². The van der Waals surface area contributed by atoms with E-state index >= 15 is 0 Å². The average Bonchev–Trinajstić information content (AvgIpc) is 3.16. The van der Waals surface area contributed by atoms with Crippen LogP contribution in [0.5, 0.6) is 23.0 Å². The van der Waals surface area contributed by atoms with Crippen LogP contribution in [-0.2, 0) is 6.18 Å². The Morgan fingerprint density at radius 3 is 2.34 bits per heavy atom. The molecule has 7 nitrogen and oxygen atoms in total. The van der Waals surface area contributed by atoms with Gasteiger partial charge in [0.05, 0.1) is 11.3 Å². The minimum atomic E-state index is -4.66. The third-order valence-electron chi connectivity index (χ3n) is 3.72. The Bertz CT molecular complexity index is 1110. The van der Waals surface area contributed by atoms with Crippen LogP contribution in [-0.4, -0.2) is 6.79 Å². The molecule has 0 saturated carbocycles. The Hall–Kier alpha value is -4.36. The molecule has 0 atom stereocenters. The number of allylic oxidation sites excluding steroid dienone is 2. The van der Waals surface area contributed by atoms with E-state index in [0.29, 0.717) is 17.6 Å². The zero-order valence-corrected chi connectivity index (χ0v) is 14.4. The van der Waals surface area contributed by atoms with E-state index in [2.05, 4.69) is 5.32 Å². The van der Waals surface area contributed by atoms with Gasteiger partial charge in [-0.3, -0.25) is 0 Å². The molecule has 0 fully saturated rings. The largest absolute Gasteiger partial charge is 0.455 e. The van der Waals surface area contributed by atoms with E-state index in [9.17, 15) is 13.2 Å². The van der Waals surface area contributed by atoms with E-state index in [1.807, 2.05) is 0 Å².